The fourth-order valence-corrected chi connectivity index (χ4v) is 2.19. The van der Waals surface area contributed by atoms with E-state index in [-0.39, 0.29) is 10.9 Å². The monoisotopic (exact) mass is 316 g/mol. The van der Waals surface area contributed by atoms with E-state index in [2.05, 4.69) is 21.2 Å². The van der Waals surface area contributed by atoms with Gasteiger partial charge in [-0.05, 0) is 47.0 Å². The number of carbonyl (C=O) groups is 1. The van der Waals surface area contributed by atoms with E-state index in [1.54, 1.807) is 0 Å². The highest BCUT2D eigenvalue weighted by molar-refractivity contribution is 9.10. The van der Waals surface area contributed by atoms with Crippen LogP contribution in [-0.2, 0) is 4.79 Å². The summed E-state index contributed by atoms with van der Waals surface area (Å²) in [5, 5.41) is 2.64. The van der Waals surface area contributed by atoms with Crippen molar-refractivity contribution in [2.45, 2.75) is 12.8 Å². The van der Waals surface area contributed by atoms with Gasteiger partial charge in [0.05, 0.1) is 16.1 Å². The number of hydrogen-bond acceptors (Lipinski definition) is 2. The first kappa shape index (κ1) is 12.4. The minimum atomic E-state index is -0.735. The predicted molar refractivity (Wildman–Crippen MR) is 71.2 cm³/mol. The predicted octanol–water partition coefficient (Wildman–Crippen LogP) is 2.59. The van der Waals surface area contributed by atoms with Crippen LogP contribution in [0.4, 0.5) is 10.1 Å². The van der Waals surface area contributed by atoms with Crippen molar-refractivity contribution in [3.8, 4) is 0 Å². The van der Waals surface area contributed by atoms with Gasteiger partial charge >= 0.3 is 0 Å². The summed E-state index contributed by atoms with van der Waals surface area (Å²) in [5.74, 6) is -0.681. The summed E-state index contributed by atoms with van der Waals surface area (Å²) in [6.07, 6.45) is 1.31. The molecule has 0 spiro atoms. The first-order valence-corrected chi connectivity index (χ1v) is 6.22. The summed E-state index contributed by atoms with van der Waals surface area (Å²) in [5.41, 5.74) is 5.19. The summed E-state index contributed by atoms with van der Waals surface area (Å²) in [6, 6.07) is 4.09. The van der Waals surface area contributed by atoms with Crippen molar-refractivity contribution < 1.29 is 9.18 Å². The van der Waals surface area contributed by atoms with Gasteiger partial charge in [-0.25, -0.2) is 4.39 Å². The Balaban J connectivity index is 2.19. The molecule has 3 nitrogen and oxygen atoms in total. The zero-order valence-corrected chi connectivity index (χ0v) is 11.2. The van der Waals surface area contributed by atoms with Crippen molar-refractivity contribution in [3.63, 3.8) is 0 Å². The second-order valence-corrected chi connectivity index (χ2v) is 5.32. The highest BCUT2D eigenvalue weighted by Gasteiger charge is 2.52. The summed E-state index contributed by atoms with van der Waals surface area (Å²) in [6.45, 7) is 0. The molecular formula is C11H10BrFN2OS. The van der Waals surface area contributed by atoms with Crippen LogP contribution in [-0.4, -0.2) is 10.9 Å². The van der Waals surface area contributed by atoms with E-state index in [1.807, 2.05) is 0 Å². The van der Waals surface area contributed by atoms with Crippen molar-refractivity contribution in [3.05, 3.63) is 28.5 Å². The number of amides is 1. The third-order valence-corrected chi connectivity index (χ3v) is 3.92. The van der Waals surface area contributed by atoms with Gasteiger partial charge in [-0.1, -0.05) is 12.2 Å². The minimum Gasteiger partial charge on any atom is -0.392 e. The Morgan fingerprint density at radius 3 is 2.71 bits per heavy atom. The van der Waals surface area contributed by atoms with E-state index in [0.29, 0.717) is 23.0 Å². The quantitative estimate of drug-likeness (QED) is 0.843. The molecule has 0 aliphatic heterocycles. The third kappa shape index (κ3) is 2.32. The topological polar surface area (TPSA) is 55.1 Å². The van der Waals surface area contributed by atoms with Crippen LogP contribution >= 0.6 is 28.1 Å². The second kappa shape index (κ2) is 4.34. The molecule has 1 aliphatic rings. The Morgan fingerprint density at radius 2 is 2.18 bits per heavy atom. The van der Waals surface area contributed by atoms with Crippen LogP contribution in [0.3, 0.4) is 0 Å². The molecule has 0 heterocycles. The van der Waals surface area contributed by atoms with Gasteiger partial charge in [0, 0.05) is 4.47 Å². The van der Waals surface area contributed by atoms with Gasteiger partial charge in [-0.15, -0.1) is 0 Å². The lowest BCUT2D eigenvalue weighted by atomic mass is 10.1. The Morgan fingerprint density at radius 1 is 1.53 bits per heavy atom. The molecule has 0 aromatic heterocycles. The van der Waals surface area contributed by atoms with Gasteiger partial charge in [0.25, 0.3) is 0 Å². The van der Waals surface area contributed by atoms with Gasteiger partial charge in [0.15, 0.2) is 0 Å². The molecule has 0 bridgehead atoms. The molecule has 1 saturated carbocycles. The van der Waals surface area contributed by atoms with Crippen LogP contribution in [0.5, 0.6) is 0 Å². The average molecular weight is 317 g/mol. The van der Waals surface area contributed by atoms with Gasteiger partial charge in [0.1, 0.15) is 5.82 Å². The number of carbonyl (C=O) groups excluding carboxylic acids is 1. The molecule has 90 valence electrons. The average Bonchev–Trinajstić information content (AvgIpc) is 3.04. The molecule has 1 fully saturated rings. The number of hydrogen-bond donors (Lipinski definition) is 2. The summed E-state index contributed by atoms with van der Waals surface area (Å²) >= 11 is 8.11. The van der Waals surface area contributed by atoms with Crippen molar-refractivity contribution in [2.24, 2.45) is 11.1 Å². The highest BCUT2D eigenvalue weighted by Crippen LogP contribution is 2.47. The minimum absolute atomic E-state index is 0.197. The normalized spacial score (nSPS) is 16.4. The molecule has 2 rings (SSSR count). The highest BCUT2D eigenvalue weighted by atomic mass is 79.9. The van der Waals surface area contributed by atoms with E-state index >= 15 is 0 Å². The van der Waals surface area contributed by atoms with Crippen molar-refractivity contribution in [1.82, 2.24) is 0 Å². The molecule has 0 atom stereocenters. The maximum Gasteiger partial charge on any atom is 0.237 e. The lowest BCUT2D eigenvalue weighted by Crippen LogP contribution is -2.35. The first-order valence-electron chi connectivity index (χ1n) is 5.02. The molecule has 1 aromatic rings. The fraction of sp³-hybridized carbons (Fsp3) is 0.273. The molecular weight excluding hydrogens is 307 g/mol. The standard InChI is InChI=1S/C11H10BrFN2OS/c12-7-2-1-6(13)5-8(7)15-10(16)11(3-4-11)9(14)17/h1-2,5H,3-4H2,(H2,14,17)(H,15,16). The summed E-state index contributed by atoms with van der Waals surface area (Å²) < 4.78 is 13.7. The number of rotatable bonds is 3. The molecule has 3 N–H and O–H groups in total. The van der Waals surface area contributed by atoms with Gasteiger partial charge in [-0.3, -0.25) is 4.79 Å². The van der Waals surface area contributed by atoms with Crippen molar-refractivity contribution >= 4 is 44.7 Å². The van der Waals surface area contributed by atoms with Crippen LogP contribution in [0.2, 0.25) is 0 Å². The van der Waals surface area contributed by atoms with Crippen LogP contribution < -0.4 is 11.1 Å². The summed E-state index contributed by atoms with van der Waals surface area (Å²) in [4.78, 5) is 12.2. The zero-order valence-electron chi connectivity index (χ0n) is 8.80. The van der Waals surface area contributed by atoms with Crippen molar-refractivity contribution in [2.75, 3.05) is 5.32 Å². The Labute approximate surface area is 112 Å². The Hall–Kier alpha value is -1.01. The summed E-state index contributed by atoms with van der Waals surface area (Å²) in [7, 11) is 0. The van der Waals surface area contributed by atoms with E-state index in [4.69, 9.17) is 18.0 Å². The van der Waals surface area contributed by atoms with Crippen molar-refractivity contribution in [1.29, 1.82) is 0 Å². The van der Waals surface area contributed by atoms with E-state index in [0.717, 1.165) is 0 Å². The molecule has 6 heteroatoms. The SMILES string of the molecule is NC(=S)C1(C(=O)Nc2cc(F)ccc2Br)CC1. The molecule has 17 heavy (non-hydrogen) atoms. The second-order valence-electron chi connectivity index (χ2n) is 4.02. The maximum absolute atomic E-state index is 13.0. The van der Waals surface area contributed by atoms with Gasteiger partial charge in [-0.2, -0.15) is 0 Å². The molecule has 0 saturated heterocycles. The Kier molecular flexibility index (Phi) is 3.18. The van der Waals surface area contributed by atoms with E-state index in [9.17, 15) is 9.18 Å². The number of halogens is 2. The lowest BCUT2D eigenvalue weighted by Gasteiger charge is -2.14. The van der Waals surface area contributed by atoms with Crippen LogP contribution in [0.1, 0.15) is 12.8 Å². The number of anilines is 1. The molecule has 1 aromatic carbocycles. The van der Waals surface area contributed by atoms with Crippen LogP contribution in [0.15, 0.2) is 22.7 Å². The third-order valence-electron chi connectivity index (χ3n) is 2.83. The smallest absolute Gasteiger partial charge is 0.237 e. The van der Waals surface area contributed by atoms with Crippen LogP contribution in [0, 0.1) is 11.2 Å². The molecule has 0 unspecified atom stereocenters. The number of nitrogens with one attached hydrogen (secondary N) is 1. The van der Waals surface area contributed by atoms with Gasteiger partial charge < -0.3 is 11.1 Å². The molecule has 1 aliphatic carbocycles. The number of benzene rings is 1. The fourth-order valence-electron chi connectivity index (χ4n) is 1.55. The Bertz CT molecular complexity index is 502. The van der Waals surface area contributed by atoms with Crippen LogP contribution in [0.25, 0.3) is 0 Å². The molecule has 1 amide bonds. The maximum atomic E-state index is 13.0. The largest absolute Gasteiger partial charge is 0.392 e. The van der Waals surface area contributed by atoms with E-state index in [1.165, 1.54) is 18.2 Å². The van der Waals surface area contributed by atoms with E-state index < -0.39 is 11.2 Å². The molecule has 0 radical (unpaired) electrons. The number of nitrogens with two attached hydrogens (primary N) is 1. The van der Waals surface area contributed by atoms with Gasteiger partial charge in [0.2, 0.25) is 5.91 Å². The first-order chi connectivity index (χ1) is 7.95. The number of thiocarbonyl (C=S) groups is 1. The zero-order chi connectivity index (χ0) is 12.6. The lowest BCUT2D eigenvalue weighted by molar-refractivity contribution is -0.118.